The van der Waals surface area contributed by atoms with Gasteiger partial charge in [0.1, 0.15) is 5.69 Å². The summed E-state index contributed by atoms with van der Waals surface area (Å²) >= 11 is 0. The normalized spacial score (nSPS) is 10.3. The number of hydrogen-bond acceptors (Lipinski definition) is 6. The van der Waals surface area contributed by atoms with Crippen molar-refractivity contribution in [2.75, 3.05) is 5.43 Å². The number of nitrogens with zero attached hydrogens (tertiary/aromatic N) is 3. The number of nitro benzene ring substituents is 1. The summed E-state index contributed by atoms with van der Waals surface area (Å²) in [7, 11) is 1.69. The Morgan fingerprint density at radius 3 is 2.79 bits per heavy atom. The predicted molar refractivity (Wildman–Crippen MR) is 68.9 cm³/mol. The molecule has 0 atom stereocenters. The van der Waals surface area contributed by atoms with E-state index in [-0.39, 0.29) is 17.1 Å². The van der Waals surface area contributed by atoms with Crippen LogP contribution in [-0.4, -0.2) is 14.7 Å². The van der Waals surface area contributed by atoms with Crippen molar-refractivity contribution < 1.29 is 9.66 Å². The van der Waals surface area contributed by atoms with E-state index >= 15 is 0 Å². The van der Waals surface area contributed by atoms with Gasteiger partial charge in [-0.25, -0.2) is 4.68 Å². The third kappa shape index (κ3) is 2.47. The molecular weight excluding hydrogens is 250 g/mol. The molecule has 0 aliphatic heterocycles. The average Bonchev–Trinajstić information content (AvgIpc) is 2.67. The van der Waals surface area contributed by atoms with E-state index in [2.05, 4.69) is 10.5 Å². The molecule has 0 fully saturated rings. The topological polar surface area (TPSA) is 108 Å². The standard InChI is InChI=1S/C11H13N5O3/c1-7-6-10(15(2)14-7)19-9-5-3-4-8(13-12)11(9)16(17)18/h3-6,13H,12H2,1-2H3. The van der Waals surface area contributed by atoms with Crippen LogP contribution in [0.15, 0.2) is 24.3 Å². The molecule has 0 unspecified atom stereocenters. The lowest BCUT2D eigenvalue weighted by atomic mass is 10.2. The van der Waals surface area contributed by atoms with Gasteiger partial charge >= 0.3 is 5.69 Å². The van der Waals surface area contributed by atoms with Crippen LogP contribution in [0.25, 0.3) is 0 Å². The fourth-order valence-electron chi connectivity index (χ4n) is 1.70. The van der Waals surface area contributed by atoms with Crippen molar-refractivity contribution in [2.24, 2.45) is 12.9 Å². The second-order valence-corrected chi connectivity index (χ2v) is 3.90. The van der Waals surface area contributed by atoms with Crippen LogP contribution in [0, 0.1) is 17.0 Å². The van der Waals surface area contributed by atoms with E-state index in [0.717, 1.165) is 5.69 Å². The van der Waals surface area contributed by atoms with Crippen molar-refractivity contribution >= 4 is 11.4 Å². The highest BCUT2D eigenvalue weighted by Crippen LogP contribution is 2.36. The van der Waals surface area contributed by atoms with Crippen LogP contribution in [0.2, 0.25) is 0 Å². The van der Waals surface area contributed by atoms with Gasteiger partial charge in [0.25, 0.3) is 0 Å². The Kier molecular flexibility index (Phi) is 3.34. The molecule has 8 heteroatoms. The number of hydrazine groups is 1. The number of para-hydroxylation sites is 1. The molecule has 0 bridgehead atoms. The zero-order chi connectivity index (χ0) is 14.0. The molecule has 1 heterocycles. The van der Waals surface area contributed by atoms with Crippen LogP contribution in [0.4, 0.5) is 11.4 Å². The molecule has 3 N–H and O–H groups in total. The third-order valence-corrected chi connectivity index (χ3v) is 2.51. The summed E-state index contributed by atoms with van der Waals surface area (Å²) in [6, 6.07) is 6.30. The summed E-state index contributed by atoms with van der Waals surface area (Å²) in [6.07, 6.45) is 0. The number of benzene rings is 1. The quantitative estimate of drug-likeness (QED) is 0.494. The maximum absolute atomic E-state index is 11.1. The fraction of sp³-hybridized carbons (Fsp3) is 0.182. The monoisotopic (exact) mass is 263 g/mol. The summed E-state index contributed by atoms with van der Waals surface area (Å²) in [5.41, 5.74) is 3.00. The number of nitrogen functional groups attached to an aromatic ring is 1. The lowest BCUT2D eigenvalue weighted by Gasteiger charge is -2.08. The van der Waals surface area contributed by atoms with Gasteiger partial charge in [0.05, 0.1) is 10.6 Å². The molecule has 100 valence electrons. The van der Waals surface area contributed by atoms with E-state index in [1.807, 2.05) is 0 Å². The minimum Gasteiger partial charge on any atom is -0.432 e. The molecule has 2 aromatic rings. The van der Waals surface area contributed by atoms with Crippen molar-refractivity contribution in [1.29, 1.82) is 0 Å². The number of ether oxygens (including phenoxy) is 1. The van der Waals surface area contributed by atoms with E-state index < -0.39 is 4.92 Å². The SMILES string of the molecule is Cc1cc(Oc2cccc(NN)c2[N+](=O)[O-])n(C)n1. The second-order valence-electron chi connectivity index (χ2n) is 3.90. The molecule has 19 heavy (non-hydrogen) atoms. The minimum atomic E-state index is -0.548. The van der Waals surface area contributed by atoms with Gasteiger partial charge in [-0.1, -0.05) is 6.07 Å². The lowest BCUT2D eigenvalue weighted by molar-refractivity contribution is -0.384. The van der Waals surface area contributed by atoms with Gasteiger partial charge < -0.3 is 10.2 Å². The summed E-state index contributed by atoms with van der Waals surface area (Å²) in [4.78, 5) is 10.5. The van der Waals surface area contributed by atoms with Crippen molar-refractivity contribution in [2.45, 2.75) is 6.92 Å². The molecule has 1 aromatic carbocycles. The maximum Gasteiger partial charge on any atom is 0.335 e. The first-order chi connectivity index (χ1) is 9.02. The van der Waals surface area contributed by atoms with E-state index in [0.29, 0.717) is 5.88 Å². The van der Waals surface area contributed by atoms with Crippen LogP contribution in [-0.2, 0) is 7.05 Å². The summed E-state index contributed by atoms with van der Waals surface area (Å²) in [6.45, 7) is 1.80. The van der Waals surface area contributed by atoms with E-state index in [9.17, 15) is 10.1 Å². The number of aromatic nitrogens is 2. The van der Waals surface area contributed by atoms with Crippen molar-refractivity contribution in [3.05, 3.63) is 40.1 Å². The molecule has 0 spiro atoms. The Morgan fingerprint density at radius 2 is 2.26 bits per heavy atom. The minimum absolute atomic E-state index is 0.100. The van der Waals surface area contributed by atoms with E-state index in [4.69, 9.17) is 10.6 Å². The second kappa shape index (κ2) is 4.94. The van der Waals surface area contributed by atoms with Crippen LogP contribution < -0.4 is 16.0 Å². The van der Waals surface area contributed by atoms with Crippen molar-refractivity contribution in [3.8, 4) is 11.6 Å². The number of aryl methyl sites for hydroxylation is 2. The van der Waals surface area contributed by atoms with Crippen LogP contribution >= 0.6 is 0 Å². The molecule has 0 saturated heterocycles. The number of nitro groups is 1. The molecule has 0 amide bonds. The molecule has 0 aliphatic carbocycles. The van der Waals surface area contributed by atoms with Gasteiger partial charge in [-0.05, 0) is 19.1 Å². The summed E-state index contributed by atoms with van der Waals surface area (Å²) in [5, 5.41) is 15.2. The smallest absolute Gasteiger partial charge is 0.335 e. The van der Waals surface area contributed by atoms with E-state index in [1.165, 1.54) is 16.8 Å². The van der Waals surface area contributed by atoms with Gasteiger partial charge in [-0.3, -0.25) is 16.0 Å². The number of hydrogen-bond donors (Lipinski definition) is 2. The molecule has 1 aromatic heterocycles. The van der Waals surface area contributed by atoms with Gasteiger partial charge in [0, 0.05) is 13.1 Å². The van der Waals surface area contributed by atoms with Crippen LogP contribution in [0.1, 0.15) is 5.69 Å². The number of nitrogens with one attached hydrogen (secondary N) is 1. The summed E-state index contributed by atoms with van der Waals surface area (Å²) < 4.78 is 7.03. The highest BCUT2D eigenvalue weighted by molar-refractivity contribution is 5.68. The first kappa shape index (κ1) is 12.8. The number of rotatable bonds is 4. The van der Waals surface area contributed by atoms with Gasteiger partial charge in [0.2, 0.25) is 11.6 Å². The van der Waals surface area contributed by atoms with Gasteiger partial charge in [-0.15, -0.1) is 0 Å². The molecule has 0 aliphatic rings. The number of nitrogens with two attached hydrogens (primary N) is 1. The van der Waals surface area contributed by atoms with Crippen LogP contribution in [0.3, 0.4) is 0 Å². The average molecular weight is 263 g/mol. The first-order valence-corrected chi connectivity index (χ1v) is 5.45. The van der Waals surface area contributed by atoms with Crippen LogP contribution in [0.5, 0.6) is 11.6 Å². The Balaban J connectivity index is 2.45. The molecule has 0 radical (unpaired) electrons. The highest BCUT2D eigenvalue weighted by atomic mass is 16.6. The Bertz CT molecular complexity index is 623. The fourth-order valence-corrected chi connectivity index (χ4v) is 1.70. The summed E-state index contributed by atoms with van der Waals surface area (Å²) in [5.74, 6) is 5.77. The molecular formula is C11H13N5O3. The predicted octanol–water partition coefficient (Wildman–Crippen LogP) is 1.71. The lowest BCUT2D eigenvalue weighted by Crippen LogP contribution is -2.09. The molecule has 8 nitrogen and oxygen atoms in total. The molecule has 2 rings (SSSR count). The van der Waals surface area contributed by atoms with E-state index in [1.54, 1.807) is 26.1 Å². The first-order valence-electron chi connectivity index (χ1n) is 5.45. The Morgan fingerprint density at radius 1 is 1.53 bits per heavy atom. The van der Waals surface area contributed by atoms with Gasteiger partial charge in [-0.2, -0.15) is 5.10 Å². The zero-order valence-electron chi connectivity index (χ0n) is 10.5. The largest absolute Gasteiger partial charge is 0.432 e. The number of anilines is 1. The maximum atomic E-state index is 11.1. The van der Waals surface area contributed by atoms with Crippen molar-refractivity contribution in [3.63, 3.8) is 0 Å². The Labute approximate surface area is 108 Å². The third-order valence-electron chi connectivity index (χ3n) is 2.51. The Hall–Kier alpha value is -2.61. The highest BCUT2D eigenvalue weighted by Gasteiger charge is 2.22. The van der Waals surface area contributed by atoms with Gasteiger partial charge in [0.15, 0.2) is 0 Å². The zero-order valence-corrected chi connectivity index (χ0v) is 10.5. The molecule has 0 saturated carbocycles. The van der Waals surface area contributed by atoms with Crippen molar-refractivity contribution in [1.82, 2.24) is 9.78 Å².